The number of nitrogens with zero attached hydrogens (tertiary/aromatic N) is 2. The lowest BCUT2D eigenvalue weighted by atomic mass is 10.1. The fraction of sp³-hybridized carbons (Fsp3) is 0.417. The van der Waals surface area contributed by atoms with Crippen molar-refractivity contribution in [3.63, 3.8) is 0 Å². The molecule has 0 radical (unpaired) electrons. The van der Waals surface area contributed by atoms with Gasteiger partial charge in [0.15, 0.2) is 0 Å². The van der Waals surface area contributed by atoms with Crippen molar-refractivity contribution in [2.45, 2.75) is 26.3 Å². The van der Waals surface area contributed by atoms with Crippen molar-refractivity contribution in [2.75, 3.05) is 7.05 Å². The average Bonchev–Trinajstić information content (AvgIpc) is 2.27. The molecule has 1 amide bonds. The van der Waals surface area contributed by atoms with Crippen LogP contribution >= 0.6 is 0 Å². The van der Waals surface area contributed by atoms with Crippen LogP contribution in [-0.2, 0) is 4.79 Å². The highest BCUT2D eigenvalue weighted by Crippen LogP contribution is 2.11. The highest BCUT2D eigenvalue weighted by molar-refractivity contribution is 5.95. The normalized spacial score (nSPS) is 11.9. The van der Waals surface area contributed by atoms with Gasteiger partial charge in [-0.1, -0.05) is 0 Å². The van der Waals surface area contributed by atoms with Crippen LogP contribution in [0.25, 0.3) is 0 Å². The molecule has 1 rings (SSSR count). The minimum atomic E-state index is -0.917. The Morgan fingerprint density at radius 3 is 2.71 bits per heavy atom. The van der Waals surface area contributed by atoms with E-state index >= 15 is 0 Å². The van der Waals surface area contributed by atoms with Gasteiger partial charge in [0.25, 0.3) is 5.91 Å². The Morgan fingerprint density at radius 1 is 1.53 bits per heavy atom. The molecule has 17 heavy (non-hydrogen) atoms. The number of rotatable bonds is 4. The van der Waals surface area contributed by atoms with E-state index in [9.17, 15) is 9.59 Å². The molecule has 1 unspecified atom stereocenters. The molecule has 0 aromatic carbocycles. The lowest BCUT2D eigenvalue weighted by molar-refractivity contribution is -0.137. The third-order valence-corrected chi connectivity index (χ3v) is 2.72. The standard InChI is InChI=1S/C12H16N2O3/c1-8-4-5-13-7-10(8)12(17)14(3)9(2)6-11(15)16/h4-5,7,9H,6H2,1-3H3,(H,15,16). The number of carbonyl (C=O) groups excluding carboxylic acids is 1. The molecular weight excluding hydrogens is 220 g/mol. The number of carboxylic acids is 1. The molecular formula is C12H16N2O3. The van der Waals surface area contributed by atoms with E-state index in [1.807, 2.05) is 6.92 Å². The van der Waals surface area contributed by atoms with E-state index < -0.39 is 5.97 Å². The molecule has 0 bridgehead atoms. The summed E-state index contributed by atoms with van der Waals surface area (Å²) in [5.74, 6) is -1.12. The lowest BCUT2D eigenvalue weighted by Crippen LogP contribution is -2.36. The SMILES string of the molecule is Cc1ccncc1C(=O)N(C)C(C)CC(=O)O. The van der Waals surface area contributed by atoms with Gasteiger partial charge in [0.1, 0.15) is 0 Å². The predicted octanol–water partition coefficient (Wildman–Crippen LogP) is 1.33. The third kappa shape index (κ3) is 3.27. The second-order valence-electron chi connectivity index (χ2n) is 4.05. The van der Waals surface area contributed by atoms with E-state index in [1.165, 1.54) is 11.1 Å². The Bertz CT molecular complexity index is 432. The summed E-state index contributed by atoms with van der Waals surface area (Å²) in [5, 5.41) is 8.69. The van der Waals surface area contributed by atoms with Crippen molar-refractivity contribution < 1.29 is 14.7 Å². The summed E-state index contributed by atoms with van der Waals surface area (Å²) in [7, 11) is 1.60. The van der Waals surface area contributed by atoms with Crippen LogP contribution in [0.2, 0.25) is 0 Å². The van der Waals surface area contributed by atoms with Crippen molar-refractivity contribution in [3.8, 4) is 0 Å². The van der Waals surface area contributed by atoms with Crippen LogP contribution in [0, 0.1) is 6.92 Å². The largest absolute Gasteiger partial charge is 0.481 e. The molecule has 1 heterocycles. The zero-order chi connectivity index (χ0) is 13.0. The molecule has 0 aliphatic rings. The summed E-state index contributed by atoms with van der Waals surface area (Å²) >= 11 is 0. The molecule has 5 nitrogen and oxygen atoms in total. The van der Waals surface area contributed by atoms with Gasteiger partial charge in [0.05, 0.1) is 12.0 Å². The Kier molecular flexibility index (Phi) is 4.20. The molecule has 0 saturated heterocycles. The summed E-state index contributed by atoms with van der Waals surface area (Å²) in [5.41, 5.74) is 1.34. The van der Waals surface area contributed by atoms with Crippen molar-refractivity contribution >= 4 is 11.9 Å². The number of amides is 1. The fourth-order valence-electron chi connectivity index (χ4n) is 1.47. The maximum Gasteiger partial charge on any atom is 0.305 e. The van der Waals surface area contributed by atoms with Gasteiger partial charge in [0, 0.05) is 25.5 Å². The van der Waals surface area contributed by atoms with Crippen LogP contribution < -0.4 is 0 Å². The molecule has 0 aliphatic carbocycles. The molecule has 1 aromatic heterocycles. The summed E-state index contributed by atoms with van der Waals surface area (Å²) < 4.78 is 0. The van der Waals surface area contributed by atoms with E-state index in [1.54, 1.807) is 26.2 Å². The Hall–Kier alpha value is -1.91. The first-order valence-electron chi connectivity index (χ1n) is 5.33. The second kappa shape index (κ2) is 5.43. The van der Waals surface area contributed by atoms with Gasteiger partial charge in [0.2, 0.25) is 0 Å². The maximum absolute atomic E-state index is 12.1. The predicted molar refractivity (Wildman–Crippen MR) is 62.8 cm³/mol. The van der Waals surface area contributed by atoms with E-state index in [-0.39, 0.29) is 18.4 Å². The van der Waals surface area contributed by atoms with Crippen molar-refractivity contribution in [2.24, 2.45) is 0 Å². The maximum atomic E-state index is 12.1. The van der Waals surface area contributed by atoms with Crippen LogP contribution in [0.1, 0.15) is 29.3 Å². The minimum absolute atomic E-state index is 0.0679. The topological polar surface area (TPSA) is 70.5 Å². The third-order valence-electron chi connectivity index (χ3n) is 2.72. The number of hydrogen-bond acceptors (Lipinski definition) is 3. The number of aryl methyl sites for hydroxylation is 1. The summed E-state index contributed by atoms with van der Waals surface area (Å²) in [6, 6.07) is 1.41. The van der Waals surface area contributed by atoms with Crippen LogP contribution in [0.15, 0.2) is 18.5 Å². The number of aromatic nitrogens is 1. The van der Waals surface area contributed by atoms with E-state index in [2.05, 4.69) is 4.98 Å². The molecule has 1 aromatic rings. The van der Waals surface area contributed by atoms with Crippen molar-refractivity contribution in [1.29, 1.82) is 0 Å². The number of pyridine rings is 1. The van der Waals surface area contributed by atoms with E-state index in [0.29, 0.717) is 5.56 Å². The Morgan fingerprint density at radius 2 is 2.18 bits per heavy atom. The van der Waals surface area contributed by atoms with Gasteiger partial charge in [-0.3, -0.25) is 14.6 Å². The number of hydrogen-bond donors (Lipinski definition) is 1. The molecule has 0 aliphatic heterocycles. The van der Waals surface area contributed by atoms with Gasteiger partial charge < -0.3 is 10.0 Å². The second-order valence-corrected chi connectivity index (χ2v) is 4.05. The zero-order valence-corrected chi connectivity index (χ0v) is 10.2. The van der Waals surface area contributed by atoms with E-state index in [0.717, 1.165) is 5.56 Å². The van der Waals surface area contributed by atoms with E-state index in [4.69, 9.17) is 5.11 Å². The highest BCUT2D eigenvalue weighted by atomic mass is 16.4. The first-order valence-corrected chi connectivity index (χ1v) is 5.33. The van der Waals surface area contributed by atoms with Crippen molar-refractivity contribution in [3.05, 3.63) is 29.6 Å². The Balaban J connectivity index is 2.83. The summed E-state index contributed by atoms with van der Waals surface area (Å²) in [6.07, 6.45) is 3.05. The molecule has 0 spiro atoms. The molecule has 1 N–H and O–H groups in total. The molecule has 0 fully saturated rings. The monoisotopic (exact) mass is 236 g/mol. The molecule has 5 heteroatoms. The average molecular weight is 236 g/mol. The summed E-state index contributed by atoms with van der Waals surface area (Å²) in [4.78, 5) is 28.0. The first kappa shape index (κ1) is 13.2. The van der Waals surface area contributed by atoms with Crippen LogP contribution in [0.3, 0.4) is 0 Å². The zero-order valence-electron chi connectivity index (χ0n) is 10.2. The first-order chi connectivity index (χ1) is 7.93. The van der Waals surface area contributed by atoms with Gasteiger partial charge in [-0.05, 0) is 25.5 Å². The van der Waals surface area contributed by atoms with Crippen molar-refractivity contribution in [1.82, 2.24) is 9.88 Å². The lowest BCUT2D eigenvalue weighted by Gasteiger charge is -2.24. The van der Waals surface area contributed by atoms with Gasteiger partial charge in [-0.15, -0.1) is 0 Å². The molecule has 92 valence electrons. The quantitative estimate of drug-likeness (QED) is 0.856. The molecule has 1 atom stereocenters. The van der Waals surface area contributed by atoms with Gasteiger partial charge in [-0.2, -0.15) is 0 Å². The number of carbonyl (C=O) groups is 2. The van der Waals surface area contributed by atoms with Crippen LogP contribution in [0.4, 0.5) is 0 Å². The van der Waals surface area contributed by atoms with Gasteiger partial charge in [-0.25, -0.2) is 0 Å². The van der Waals surface area contributed by atoms with Crippen LogP contribution in [-0.4, -0.2) is 40.0 Å². The highest BCUT2D eigenvalue weighted by Gasteiger charge is 2.20. The number of aliphatic carboxylic acids is 1. The van der Waals surface area contributed by atoms with Crippen LogP contribution in [0.5, 0.6) is 0 Å². The molecule has 0 saturated carbocycles. The fourth-order valence-corrected chi connectivity index (χ4v) is 1.47. The Labute approximate surface area is 100 Å². The smallest absolute Gasteiger partial charge is 0.305 e. The summed E-state index contributed by atoms with van der Waals surface area (Å²) in [6.45, 7) is 3.53. The van der Waals surface area contributed by atoms with Gasteiger partial charge >= 0.3 is 5.97 Å². The number of carboxylic acid groups (broad SMARTS) is 1. The minimum Gasteiger partial charge on any atom is -0.481 e.